The fourth-order valence-electron chi connectivity index (χ4n) is 2.55. The van der Waals surface area contributed by atoms with E-state index in [1.807, 2.05) is 0 Å². The third kappa shape index (κ3) is 8.37. The Labute approximate surface area is 127 Å². The molecule has 5 heteroatoms. The Morgan fingerprint density at radius 2 is 1.20 bits per heavy atom. The lowest BCUT2D eigenvalue weighted by atomic mass is 10.2. The van der Waals surface area contributed by atoms with Gasteiger partial charge < -0.3 is 18.2 Å². The minimum atomic E-state index is -2.34. The molecule has 122 valence electrons. The molecule has 0 atom stereocenters. The van der Waals surface area contributed by atoms with Crippen molar-refractivity contribution in [1.29, 1.82) is 0 Å². The molecule has 20 heavy (non-hydrogen) atoms. The van der Waals surface area contributed by atoms with Crippen LogP contribution in [-0.2, 0) is 13.3 Å². The van der Waals surface area contributed by atoms with Crippen molar-refractivity contribution >= 4 is 8.80 Å². The van der Waals surface area contributed by atoms with E-state index in [9.17, 15) is 0 Å². The molecule has 0 bridgehead atoms. The average Bonchev–Trinajstić information content (AvgIpc) is 2.48. The lowest BCUT2D eigenvalue weighted by Crippen LogP contribution is -2.42. The molecular formula is C15H35NO3Si. The normalized spacial score (nSPS) is 12.3. The summed E-state index contributed by atoms with van der Waals surface area (Å²) in [6, 6.07) is 0.921. The van der Waals surface area contributed by atoms with Crippen LogP contribution in [0.4, 0.5) is 0 Å². The summed E-state index contributed by atoms with van der Waals surface area (Å²) < 4.78 is 16.3. The first-order valence-electron chi connectivity index (χ1n) is 8.05. The monoisotopic (exact) mass is 305 g/mol. The third-order valence-corrected chi connectivity index (χ3v) is 6.55. The molecule has 0 unspecified atom stereocenters. The quantitative estimate of drug-likeness (QED) is 0.363. The van der Waals surface area contributed by atoms with Crippen molar-refractivity contribution in [2.24, 2.45) is 0 Å². The Kier molecular flexibility index (Phi) is 12.8. The molecule has 0 aliphatic rings. The predicted molar refractivity (Wildman–Crippen MR) is 87.1 cm³/mol. The van der Waals surface area contributed by atoms with Crippen molar-refractivity contribution in [3.05, 3.63) is 0 Å². The van der Waals surface area contributed by atoms with E-state index in [4.69, 9.17) is 13.3 Å². The molecule has 4 nitrogen and oxygen atoms in total. The van der Waals surface area contributed by atoms with Crippen molar-refractivity contribution in [1.82, 2.24) is 4.90 Å². The van der Waals surface area contributed by atoms with Crippen LogP contribution >= 0.6 is 0 Å². The summed E-state index contributed by atoms with van der Waals surface area (Å²) in [5.74, 6) is 0. The number of unbranched alkanes of at least 4 members (excludes halogenated alkanes) is 3. The molecule has 0 aromatic heterocycles. The van der Waals surface area contributed by atoms with E-state index >= 15 is 0 Å². The van der Waals surface area contributed by atoms with Crippen LogP contribution in [0.1, 0.15) is 52.4 Å². The summed E-state index contributed by atoms with van der Waals surface area (Å²) in [5, 5.41) is 0. The molecular weight excluding hydrogens is 270 g/mol. The zero-order chi connectivity index (χ0) is 15.3. The van der Waals surface area contributed by atoms with Gasteiger partial charge in [-0.05, 0) is 45.3 Å². The van der Waals surface area contributed by atoms with Crippen molar-refractivity contribution < 1.29 is 13.3 Å². The van der Waals surface area contributed by atoms with Gasteiger partial charge in [-0.25, -0.2) is 0 Å². The smallest absolute Gasteiger partial charge is 0.377 e. The SMILES string of the molecule is CCCN(CCC)CCCCCC[Si](OC)(OC)OC. The highest BCUT2D eigenvalue weighted by atomic mass is 28.4. The van der Waals surface area contributed by atoms with Gasteiger partial charge in [0.2, 0.25) is 0 Å². The van der Waals surface area contributed by atoms with E-state index < -0.39 is 8.80 Å². The van der Waals surface area contributed by atoms with Gasteiger partial charge in [-0.1, -0.05) is 26.7 Å². The first kappa shape index (κ1) is 20.1. The van der Waals surface area contributed by atoms with Crippen LogP contribution < -0.4 is 0 Å². The van der Waals surface area contributed by atoms with Gasteiger partial charge in [0.1, 0.15) is 0 Å². The molecule has 0 aromatic rings. The summed E-state index contributed by atoms with van der Waals surface area (Å²) in [5.41, 5.74) is 0. The number of hydrogen-bond donors (Lipinski definition) is 0. The lowest BCUT2D eigenvalue weighted by molar-refractivity contribution is 0.122. The zero-order valence-corrected chi connectivity index (χ0v) is 15.2. The van der Waals surface area contributed by atoms with Gasteiger partial charge in [0.15, 0.2) is 0 Å². The molecule has 0 amide bonds. The minimum absolute atomic E-state index is 0.921. The first-order valence-corrected chi connectivity index (χ1v) is 9.99. The molecule has 0 heterocycles. The molecule has 0 spiro atoms. The Hall–Kier alpha value is 0.0569. The van der Waals surface area contributed by atoms with Crippen LogP contribution in [0.3, 0.4) is 0 Å². The maximum absolute atomic E-state index is 5.43. The van der Waals surface area contributed by atoms with Gasteiger partial charge in [-0.3, -0.25) is 0 Å². The average molecular weight is 306 g/mol. The highest BCUT2D eigenvalue weighted by Gasteiger charge is 2.36. The van der Waals surface area contributed by atoms with Crippen LogP contribution in [-0.4, -0.2) is 54.7 Å². The highest BCUT2D eigenvalue weighted by Crippen LogP contribution is 2.17. The van der Waals surface area contributed by atoms with Crippen molar-refractivity contribution in [3.8, 4) is 0 Å². The molecule has 0 saturated heterocycles. The molecule has 0 rings (SSSR count). The molecule has 0 aromatic carbocycles. The van der Waals surface area contributed by atoms with Crippen molar-refractivity contribution in [3.63, 3.8) is 0 Å². The van der Waals surface area contributed by atoms with Crippen LogP contribution in [0, 0.1) is 0 Å². The van der Waals surface area contributed by atoms with Gasteiger partial charge in [-0.15, -0.1) is 0 Å². The van der Waals surface area contributed by atoms with E-state index in [2.05, 4.69) is 18.7 Å². The zero-order valence-electron chi connectivity index (χ0n) is 14.2. The molecule has 0 saturated carbocycles. The van der Waals surface area contributed by atoms with Crippen LogP contribution in [0.2, 0.25) is 6.04 Å². The van der Waals surface area contributed by atoms with E-state index in [0.717, 1.165) is 12.5 Å². The summed E-state index contributed by atoms with van der Waals surface area (Å²) >= 11 is 0. The van der Waals surface area contributed by atoms with Gasteiger partial charge in [0.05, 0.1) is 0 Å². The van der Waals surface area contributed by atoms with Crippen LogP contribution in [0.5, 0.6) is 0 Å². The molecule has 0 N–H and O–H groups in total. The van der Waals surface area contributed by atoms with E-state index in [1.54, 1.807) is 21.3 Å². The Morgan fingerprint density at radius 1 is 0.700 bits per heavy atom. The molecule has 0 aliphatic carbocycles. The second-order valence-corrected chi connectivity index (χ2v) is 8.39. The van der Waals surface area contributed by atoms with E-state index in [1.165, 1.54) is 51.7 Å². The van der Waals surface area contributed by atoms with Crippen LogP contribution in [0.25, 0.3) is 0 Å². The van der Waals surface area contributed by atoms with Gasteiger partial charge in [0, 0.05) is 27.4 Å². The topological polar surface area (TPSA) is 30.9 Å². The Balaban J connectivity index is 3.69. The summed E-state index contributed by atoms with van der Waals surface area (Å²) in [6.45, 7) is 8.23. The van der Waals surface area contributed by atoms with Crippen molar-refractivity contribution in [2.45, 2.75) is 58.4 Å². The van der Waals surface area contributed by atoms with Gasteiger partial charge in [0.25, 0.3) is 0 Å². The lowest BCUT2D eigenvalue weighted by Gasteiger charge is -2.24. The summed E-state index contributed by atoms with van der Waals surface area (Å²) in [4.78, 5) is 2.58. The fourth-order valence-corrected chi connectivity index (χ4v) is 4.35. The third-order valence-electron chi connectivity index (χ3n) is 3.72. The molecule has 0 radical (unpaired) electrons. The Morgan fingerprint density at radius 3 is 1.65 bits per heavy atom. The second-order valence-electron chi connectivity index (χ2n) is 5.30. The van der Waals surface area contributed by atoms with Gasteiger partial charge in [-0.2, -0.15) is 0 Å². The maximum atomic E-state index is 5.43. The maximum Gasteiger partial charge on any atom is 0.500 e. The first-order chi connectivity index (χ1) is 9.67. The number of hydrogen-bond acceptors (Lipinski definition) is 4. The van der Waals surface area contributed by atoms with E-state index in [0.29, 0.717) is 0 Å². The summed E-state index contributed by atoms with van der Waals surface area (Å²) in [7, 11) is 2.73. The minimum Gasteiger partial charge on any atom is -0.377 e. The van der Waals surface area contributed by atoms with Crippen LogP contribution in [0.15, 0.2) is 0 Å². The standard InChI is InChI=1S/C15H35NO3Si/c1-6-12-16(13-7-2)14-10-8-9-11-15-20(17-3,18-4)19-5/h6-15H2,1-5H3. The van der Waals surface area contributed by atoms with Gasteiger partial charge >= 0.3 is 8.80 Å². The summed E-state index contributed by atoms with van der Waals surface area (Å²) in [6.07, 6.45) is 7.44. The molecule has 0 fully saturated rings. The number of nitrogens with zero attached hydrogens (tertiary/aromatic N) is 1. The second kappa shape index (κ2) is 12.8. The van der Waals surface area contributed by atoms with E-state index in [-0.39, 0.29) is 0 Å². The highest BCUT2D eigenvalue weighted by molar-refractivity contribution is 6.60. The fraction of sp³-hybridized carbons (Fsp3) is 1.00. The molecule has 0 aliphatic heterocycles. The number of rotatable bonds is 14. The largest absolute Gasteiger partial charge is 0.500 e. The van der Waals surface area contributed by atoms with Crippen molar-refractivity contribution in [2.75, 3.05) is 41.0 Å². The predicted octanol–water partition coefficient (Wildman–Crippen LogP) is 3.55. The Bertz CT molecular complexity index is 199.